The fraction of sp³-hybridized carbons (Fsp3) is 0.278. The first-order valence-corrected chi connectivity index (χ1v) is 9.29. The maximum absolute atomic E-state index is 13.4. The molecular formula is C18H20FNO5S. The van der Waals surface area contributed by atoms with E-state index in [1.54, 1.807) is 12.1 Å². The van der Waals surface area contributed by atoms with Gasteiger partial charge in [-0.15, -0.1) is 0 Å². The van der Waals surface area contributed by atoms with Crippen LogP contribution in [0.4, 0.5) is 4.39 Å². The summed E-state index contributed by atoms with van der Waals surface area (Å²) in [5.41, 5.74) is 0.274. The largest absolute Gasteiger partial charge is 0.490 e. The van der Waals surface area contributed by atoms with Gasteiger partial charge in [0.15, 0.2) is 0 Å². The minimum Gasteiger partial charge on any atom is -0.490 e. The van der Waals surface area contributed by atoms with Gasteiger partial charge in [-0.3, -0.25) is 4.79 Å². The summed E-state index contributed by atoms with van der Waals surface area (Å²) in [6.07, 6.45) is -0.149. The molecule has 0 aliphatic heterocycles. The maximum Gasteiger partial charge on any atom is 0.310 e. The number of sulfonamides is 1. The number of rotatable bonds is 8. The van der Waals surface area contributed by atoms with Crippen molar-refractivity contribution in [2.24, 2.45) is 0 Å². The van der Waals surface area contributed by atoms with E-state index in [9.17, 15) is 17.6 Å². The van der Waals surface area contributed by atoms with Crippen LogP contribution in [-0.2, 0) is 26.0 Å². The van der Waals surface area contributed by atoms with Crippen LogP contribution in [0.5, 0.6) is 5.75 Å². The molecule has 0 spiro atoms. The predicted octanol–water partition coefficient (Wildman–Crippen LogP) is 2.24. The quantitative estimate of drug-likeness (QED) is 0.518. The second-order valence-electron chi connectivity index (χ2n) is 5.60. The Balaban J connectivity index is 1.78. The van der Waals surface area contributed by atoms with Crippen LogP contribution < -0.4 is 4.74 Å². The van der Waals surface area contributed by atoms with Crippen molar-refractivity contribution >= 4 is 16.0 Å². The van der Waals surface area contributed by atoms with E-state index in [0.29, 0.717) is 5.75 Å². The number of halogens is 1. The molecule has 0 bridgehead atoms. The smallest absolute Gasteiger partial charge is 0.310 e. The van der Waals surface area contributed by atoms with Gasteiger partial charge in [-0.05, 0) is 35.9 Å². The summed E-state index contributed by atoms with van der Waals surface area (Å²) < 4.78 is 48.9. The number of esters is 1. The Kier molecular flexibility index (Phi) is 6.70. The van der Waals surface area contributed by atoms with Gasteiger partial charge in [0.1, 0.15) is 24.8 Å². The zero-order valence-electron chi connectivity index (χ0n) is 14.5. The van der Waals surface area contributed by atoms with Crippen molar-refractivity contribution in [2.75, 3.05) is 27.3 Å². The Morgan fingerprint density at radius 1 is 1.04 bits per heavy atom. The molecular weight excluding hydrogens is 361 g/mol. The Labute approximate surface area is 152 Å². The molecule has 26 heavy (non-hydrogen) atoms. The fourth-order valence-electron chi connectivity index (χ4n) is 2.08. The molecule has 0 aliphatic rings. The summed E-state index contributed by atoms with van der Waals surface area (Å²) in [7, 11) is -0.578. The Hall–Kier alpha value is -2.45. The number of ether oxygens (including phenoxy) is 2. The van der Waals surface area contributed by atoms with Gasteiger partial charge in [-0.1, -0.05) is 18.2 Å². The van der Waals surface area contributed by atoms with Crippen molar-refractivity contribution in [1.82, 2.24) is 4.31 Å². The maximum atomic E-state index is 13.4. The molecule has 0 saturated heterocycles. The molecule has 0 fully saturated rings. The average molecular weight is 381 g/mol. The number of hydrogen-bond donors (Lipinski definition) is 0. The lowest BCUT2D eigenvalue weighted by Crippen LogP contribution is -2.22. The molecule has 0 N–H and O–H groups in total. The van der Waals surface area contributed by atoms with E-state index in [4.69, 9.17) is 9.47 Å². The summed E-state index contributed by atoms with van der Waals surface area (Å²) in [4.78, 5) is 11.8. The van der Waals surface area contributed by atoms with Gasteiger partial charge in [0, 0.05) is 14.1 Å². The van der Waals surface area contributed by atoms with Gasteiger partial charge in [0.05, 0.1) is 11.3 Å². The molecule has 140 valence electrons. The Morgan fingerprint density at radius 2 is 1.69 bits per heavy atom. The first-order chi connectivity index (χ1) is 12.3. The summed E-state index contributed by atoms with van der Waals surface area (Å²) in [5.74, 6) is -0.549. The molecule has 0 heterocycles. The standard InChI is InChI=1S/C18H20FNO5S/c1-20(2)26(22,23)16-9-7-15(8-10-16)24-11-12-25-18(21)13-14-5-3-4-6-17(14)19/h3-10H,11-13H2,1-2H3. The molecule has 2 aromatic carbocycles. The van der Waals surface area contributed by atoms with E-state index in [-0.39, 0.29) is 30.1 Å². The topological polar surface area (TPSA) is 72.9 Å². The van der Waals surface area contributed by atoms with E-state index >= 15 is 0 Å². The lowest BCUT2D eigenvalue weighted by atomic mass is 10.1. The second kappa shape index (κ2) is 8.77. The van der Waals surface area contributed by atoms with Crippen LogP contribution in [0.3, 0.4) is 0 Å². The van der Waals surface area contributed by atoms with Crippen LogP contribution in [0, 0.1) is 5.82 Å². The third-order valence-corrected chi connectivity index (χ3v) is 5.34. The van der Waals surface area contributed by atoms with Gasteiger partial charge < -0.3 is 9.47 Å². The zero-order chi connectivity index (χ0) is 19.2. The first-order valence-electron chi connectivity index (χ1n) is 7.85. The fourth-order valence-corrected chi connectivity index (χ4v) is 2.98. The van der Waals surface area contributed by atoms with Crippen molar-refractivity contribution in [2.45, 2.75) is 11.3 Å². The third kappa shape index (κ3) is 5.27. The van der Waals surface area contributed by atoms with E-state index in [1.807, 2.05) is 0 Å². The third-order valence-electron chi connectivity index (χ3n) is 3.51. The molecule has 0 radical (unpaired) electrons. The zero-order valence-corrected chi connectivity index (χ0v) is 15.3. The van der Waals surface area contributed by atoms with E-state index in [1.165, 1.54) is 50.5 Å². The number of benzene rings is 2. The SMILES string of the molecule is CN(C)S(=O)(=O)c1ccc(OCCOC(=O)Cc2ccccc2F)cc1. The van der Waals surface area contributed by atoms with Gasteiger partial charge in [0.25, 0.3) is 0 Å². The lowest BCUT2D eigenvalue weighted by molar-refractivity contribution is -0.143. The summed E-state index contributed by atoms with van der Waals surface area (Å²) in [6.45, 7) is 0.105. The number of nitrogens with zero attached hydrogens (tertiary/aromatic N) is 1. The van der Waals surface area contributed by atoms with Crippen LogP contribution >= 0.6 is 0 Å². The van der Waals surface area contributed by atoms with Crippen molar-refractivity contribution in [3.05, 3.63) is 59.9 Å². The summed E-state index contributed by atoms with van der Waals surface area (Å²) in [6, 6.07) is 11.9. The van der Waals surface area contributed by atoms with Crippen LogP contribution in [0.25, 0.3) is 0 Å². The highest BCUT2D eigenvalue weighted by Gasteiger charge is 2.16. The summed E-state index contributed by atoms with van der Waals surface area (Å²) in [5, 5.41) is 0. The van der Waals surface area contributed by atoms with Crippen LogP contribution in [0.15, 0.2) is 53.4 Å². The molecule has 6 nitrogen and oxygen atoms in total. The summed E-state index contributed by atoms with van der Waals surface area (Å²) >= 11 is 0. The first kappa shape index (κ1) is 19.9. The highest BCUT2D eigenvalue weighted by molar-refractivity contribution is 7.89. The molecule has 0 amide bonds. The molecule has 2 aromatic rings. The second-order valence-corrected chi connectivity index (χ2v) is 7.75. The van der Waals surface area contributed by atoms with Crippen LogP contribution in [0.1, 0.15) is 5.56 Å². The number of hydrogen-bond acceptors (Lipinski definition) is 5. The van der Waals surface area contributed by atoms with Gasteiger partial charge in [-0.2, -0.15) is 0 Å². The Morgan fingerprint density at radius 3 is 2.31 bits per heavy atom. The normalized spacial score (nSPS) is 11.4. The van der Waals surface area contributed by atoms with Crippen molar-refractivity contribution in [1.29, 1.82) is 0 Å². The molecule has 0 saturated carbocycles. The monoisotopic (exact) mass is 381 g/mol. The highest BCUT2D eigenvalue weighted by atomic mass is 32.2. The number of carbonyl (C=O) groups is 1. The molecule has 0 atom stereocenters. The Bertz CT molecular complexity index is 850. The molecule has 0 aromatic heterocycles. The van der Waals surface area contributed by atoms with Crippen LogP contribution in [-0.4, -0.2) is 46.0 Å². The van der Waals surface area contributed by atoms with Crippen molar-refractivity contribution in [3.8, 4) is 5.75 Å². The average Bonchev–Trinajstić information content (AvgIpc) is 2.61. The molecule has 2 rings (SSSR count). The predicted molar refractivity (Wildman–Crippen MR) is 93.9 cm³/mol. The van der Waals surface area contributed by atoms with E-state index in [0.717, 1.165) is 4.31 Å². The molecule has 0 unspecified atom stereocenters. The highest BCUT2D eigenvalue weighted by Crippen LogP contribution is 2.18. The van der Waals surface area contributed by atoms with Crippen molar-refractivity contribution in [3.63, 3.8) is 0 Å². The van der Waals surface area contributed by atoms with Gasteiger partial charge in [0.2, 0.25) is 10.0 Å². The van der Waals surface area contributed by atoms with Gasteiger partial charge in [-0.25, -0.2) is 17.1 Å². The number of carbonyl (C=O) groups excluding carboxylic acids is 1. The van der Waals surface area contributed by atoms with Gasteiger partial charge >= 0.3 is 5.97 Å². The van der Waals surface area contributed by atoms with Crippen LogP contribution in [0.2, 0.25) is 0 Å². The minimum atomic E-state index is -3.49. The van der Waals surface area contributed by atoms with E-state index < -0.39 is 21.8 Å². The van der Waals surface area contributed by atoms with Crippen molar-refractivity contribution < 1.29 is 27.1 Å². The molecule has 8 heteroatoms. The lowest BCUT2D eigenvalue weighted by Gasteiger charge is -2.12. The minimum absolute atomic E-state index is 0.00499. The molecule has 0 aliphatic carbocycles. The van der Waals surface area contributed by atoms with E-state index in [2.05, 4.69) is 0 Å².